The number of pyridine rings is 1. The van der Waals surface area contributed by atoms with Gasteiger partial charge >= 0.3 is 0 Å². The molecule has 1 aromatic carbocycles. The summed E-state index contributed by atoms with van der Waals surface area (Å²) >= 11 is 5.23. The summed E-state index contributed by atoms with van der Waals surface area (Å²) in [5.41, 5.74) is 8.58. The molecule has 0 radical (unpaired) electrons. The zero-order valence-corrected chi connectivity index (χ0v) is 13.1. The molecule has 3 aromatic rings. The van der Waals surface area contributed by atoms with Gasteiger partial charge in [0.25, 0.3) is 0 Å². The number of thiocarbonyl (C=S) groups is 1. The lowest BCUT2D eigenvalue weighted by molar-refractivity contribution is 0.605. The highest BCUT2D eigenvalue weighted by molar-refractivity contribution is 7.80. The fraction of sp³-hybridized carbons (Fsp3) is 0.125. The summed E-state index contributed by atoms with van der Waals surface area (Å²) in [4.78, 5) is 7.30. The molecular formula is C16H16FN5S. The van der Waals surface area contributed by atoms with Gasteiger partial charge in [-0.25, -0.2) is 9.37 Å². The molecule has 3 rings (SSSR count). The normalized spacial score (nSPS) is 10.7. The maximum atomic E-state index is 13.6. The number of nitrogen functional groups attached to an aromatic ring is 1. The summed E-state index contributed by atoms with van der Waals surface area (Å²) in [6.45, 7) is 0.834. The minimum atomic E-state index is -0.308. The lowest BCUT2D eigenvalue weighted by Gasteiger charge is -2.12. The zero-order valence-electron chi connectivity index (χ0n) is 12.3. The maximum Gasteiger partial charge on any atom is 0.166 e. The minimum absolute atomic E-state index is 0.276. The van der Waals surface area contributed by atoms with Crippen molar-refractivity contribution in [2.45, 2.75) is 13.1 Å². The third-order valence-corrected chi connectivity index (χ3v) is 3.79. The van der Waals surface area contributed by atoms with Crippen molar-refractivity contribution in [3.63, 3.8) is 0 Å². The molecule has 0 amide bonds. The number of hydrogen-bond donors (Lipinski definition) is 4. The first kappa shape index (κ1) is 15.2. The number of H-pyrrole nitrogens is 1. The van der Waals surface area contributed by atoms with Crippen molar-refractivity contribution in [1.82, 2.24) is 20.6 Å². The van der Waals surface area contributed by atoms with Gasteiger partial charge in [0.1, 0.15) is 11.5 Å². The second kappa shape index (κ2) is 6.62. The van der Waals surface area contributed by atoms with Crippen LogP contribution in [0.1, 0.15) is 11.1 Å². The Bertz CT molecular complexity index is 845. The highest BCUT2D eigenvalue weighted by atomic mass is 32.1. The van der Waals surface area contributed by atoms with Crippen molar-refractivity contribution >= 4 is 34.1 Å². The Labute approximate surface area is 138 Å². The van der Waals surface area contributed by atoms with E-state index >= 15 is 0 Å². The van der Waals surface area contributed by atoms with Crippen LogP contribution < -0.4 is 16.4 Å². The molecule has 0 aliphatic rings. The number of nitrogens with one attached hydrogen (secondary N) is 3. The van der Waals surface area contributed by atoms with Gasteiger partial charge in [0.2, 0.25) is 0 Å². The van der Waals surface area contributed by atoms with E-state index in [1.54, 1.807) is 12.3 Å². The van der Waals surface area contributed by atoms with Crippen LogP contribution >= 0.6 is 12.2 Å². The van der Waals surface area contributed by atoms with E-state index in [0.717, 1.165) is 16.6 Å². The first-order chi connectivity index (χ1) is 11.1. The van der Waals surface area contributed by atoms with Crippen LogP contribution in [0.3, 0.4) is 0 Å². The lowest BCUT2D eigenvalue weighted by atomic mass is 10.2. The van der Waals surface area contributed by atoms with Crippen LogP contribution in [0.4, 0.5) is 10.1 Å². The second-order valence-corrected chi connectivity index (χ2v) is 5.51. The van der Waals surface area contributed by atoms with Gasteiger partial charge in [0.15, 0.2) is 5.11 Å². The minimum Gasteiger partial charge on any atom is -0.399 e. The highest BCUT2D eigenvalue weighted by Crippen LogP contribution is 2.15. The Morgan fingerprint density at radius 2 is 1.96 bits per heavy atom. The number of anilines is 1. The topological polar surface area (TPSA) is 78.8 Å². The van der Waals surface area contributed by atoms with Gasteiger partial charge in [-0.1, -0.05) is 0 Å². The van der Waals surface area contributed by atoms with Crippen LogP contribution in [-0.2, 0) is 13.1 Å². The number of nitrogens with zero attached hydrogens (tertiary/aromatic N) is 1. The number of halogens is 1. The summed E-state index contributed by atoms with van der Waals surface area (Å²) in [5, 5.41) is 7.59. The number of aromatic nitrogens is 2. The standard InChI is InChI=1S/C16H16FN5S/c17-14-2-1-12(18)7-11(14)9-22-16(23)21-8-10-3-5-19-15-13(10)4-6-20-15/h1-7H,8-9,18H2,(H,19,20)(H2,21,22,23). The number of rotatable bonds is 4. The average Bonchev–Trinajstić information content (AvgIpc) is 3.03. The van der Waals surface area contributed by atoms with E-state index in [2.05, 4.69) is 20.6 Å². The number of benzene rings is 1. The van der Waals surface area contributed by atoms with Crippen molar-refractivity contribution in [2.75, 3.05) is 5.73 Å². The Morgan fingerprint density at radius 1 is 1.17 bits per heavy atom. The van der Waals surface area contributed by atoms with Gasteiger partial charge in [0, 0.05) is 42.1 Å². The van der Waals surface area contributed by atoms with Crippen LogP contribution in [0.2, 0.25) is 0 Å². The second-order valence-electron chi connectivity index (χ2n) is 5.10. The molecule has 5 nitrogen and oxygen atoms in total. The summed E-state index contributed by atoms with van der Waals surface area (Å²) in [6, 6.07) is 8.38. The van der Waals surface area contributed by atoms with Gasteiger partial charge in [-0.2, -0.15) is 0 Å². The third-order valence-electron chi connectivity index (χ3n) is 3.50. The quantitative estimate of drug-likeness (QED) is 0.437. The summed E-state index contributed by atoms with van der Waals surface area (Å²) < 4.78 is 13.6. The van der Waals surface area contributed by atoms with E-state index in [0.29, 0.717) is 22.9 Å². The first-order valence-electron chi connectivity index (χ1n) is 7.10. The molecule has 0 bridgehead atoms. The molecule has 0 fully saturated rings. The zero-order chi connectivity index (χ0) is 16.2. The molecule has 0 unspecified atom stereocenters. The van der Waals surface area contributed by atoms with Crippen molar-refractivity contribution in [3.05, 3.63) is 59.7 Å². The summed E-state index contributed by atoms with van der Waals surface area (Å²) in [6.07, 6.45) is 3.59. The largest absolute Gasteiger partial charge is 0.399 e. The third kappa shape index (κ3) is 3.57. The van der Waals surface area contributed by atoms with Crippen LogP contribution in [-0.4, -0.2) is 15.1 Å². The van der Waals surface area contributed by atoms with Gasteiger partial charge in [-0.15, -0.1) is 0 Å². The van der Waals surface area contributed by atoms with E-state index in [4.69, 9.17) is 18.0 Å². The van der Waals surface area contributed by atoms with E-state index in [9.17, 15) is 4.39 Å². The summed E-state index contributed by atoms with van der Waals surface area (Å²) in [5.74, 6) is -0.308. The first-order valence-corrected chi connectivity index (χ1v) is 7.51. The average molecular weight is 329 g/mol. The fourth-order valence-corrected chi connectivity index (χ4v) is 2.46. The molecule has 2 heterocycles. The van der Waals surface area contributed by atoms with Crippen molar-refractivity contribution in [3.8, 4) is 0 Å². The smallest absolute Gasteiger partial charge is 0.166 e. The molecular weight excluding hydrogens is 313 g/mol. The number of nitrogens with two attached hydrogens (primary N) is 1. The van der Waals surface area contributed by atoms with Crippen molar-refractivity contribution < 1.29 is 4.39 Å². The summed E-state index contributed by atoms with van der Waals surface area (Å²) in [7, 11) is 0. The van der Waals surface area contributed by atoms with E-state index in [1.165, 1.54) is 12.1 Å². The molecule has 0 aliphatic heterocycles. The van der Waals surface area contributed by atoms with Gasteiger partial charge in [0.05, 0.1) is 0 Å². The highest BCUT2D eigenvalue weighted by Gasteiger charge is 2.05. The molecule has 0 atom stereocenters. The monoisotopic (exact) mass is 329 g/mol. The molecule has 2 aromatic heterocycles. The molecule has 7 heteroatoms. The molecule has 0 aliphatic carbocycles. The Balaban J connectivity index is 1.58. The van der Waals surface area contributed by atoms with Crippen LogP contribution in [0, 0.1) is 5.82 Å². The lowest BCUT2D eigenvalue weighted by Crippen LogP contribution is -2.34. The van der Waals surface area contributed by atoms with Crippen LogP contribution in [0.25, 0.3) is 11.0 Å². The van der Waals surface area contributed by atoms with Crippen molar-refractivity contribution in [2.24, 2.45) is 0 Å². The Kier molecular flexibility index (Phi) is 4.38. The molecule has 0 saturated carbocycles. The fourth-order valence-electron chi connectivity index (χ4n) is 2.32. The number of hydrogen-bond acceptors (Lipinski definition) is 3. The Hall–Kier alpha value is -2.67. The molecule has 23 heavy (non-hydrogen) atoms. The van der Waals surface area contributed by atoms with E-state index in [-0.39, 0.29) is 12.4 Å². The van der Waals surface area contributed by atoms with Gasteiger partial charge in [-0.3, -0.25) is 0 Å². The molecule has 0 saturated heterocycles. The van der Waals surface area contributed by atoms with E-state index < -0.39 is 0 Å². The number of aromatic amines is 1. The maximum absolute atomic E-state index is 13.6. The van der Waals surface area contributed by atoms with Gasteiger partial charge < -0.3 is 21.4 Å². The van der Waals surface area contributed by atoms with Crippen LogP contribution in [0.15, 0.2) is 42.7 Å². The van der Waals surface area contributed by atoms with Crippen LogP contribution in [0.5, 0.6) is 0 Å². The van der Waals surface area contributed by atoms with Crippen molar-refractivity contribution in [1.29, 1.82) is 0 Å². The van der Waals surface area contributed by atoms with E-state index in [1.807, 2.05) is 18.3 Å². The predicted molar refractivity (Wildman–Crippen MR) is 93.2 cm³/mol. The van der Waals surface area contributed by atoms with Gasteiger partial charge in [-0.05, 0) is 48.1 Å². The number of fused-ring (bicyclic) bond motifs is 1. The molecule has 5 N–H and O–H groups in total. The molecule has 0 spiro atoms. The SMILES string of the molecule is Nc1ccc(F)c(CNC(=S)NCc2ccnc3[nH]ccc23)c1. The molecule has 118 valence electrons. The predicted octanol–water partition coefficient (Wildman–Crippen LogP) is 2.45. The Morgan fingerprint density at radius 3 is 2.78 bits per heavy atom.